The fourth-order valence-corrected chi connectivity index (χ4v) is 1.40. The van der Waals surface area contributed by atoms with E-state index >= 15 is 0 Å². The summed E-state index contributed by atoms with van der Waals surface area (Å²) in [5.74, 6) is -0.0407. The first kappa shape index (κ1) is 12.5. The molecule has 0 aliphatic carbocycles. The van der Waals surface area contributed by atoms with Crippen LogP contribution < -0.4 is 9.47 Å². The Bertz CT molecular complexity index is 635. The Morgan fingerprint density at radius 2 is 2.11 bits per heavy atom. The minimum atomic E-state index is -0.594. The van der Waals surface area contributed by atoms with E-state index in [1.165, 1.54) is 31.6 Å². The normalized spacial score (nSPS) is 9.47. The van der Waals surface area contributed by atoms with E-state index in [1.54, 1.807) is 12.1 Å². The lowest BCUT2D eigenvalue weighted by molar-refractivity contribution is 0.0729. The van der Waals surface area contributed by atoms with E-state index < -0.39 is 5.97 Å². The molecule has 0 saturated carbocycles. The molecule has 19 heavy (non-hydrogen) atoms. The van der Waals surface area contributed by atoms with Gasteiger partial charge in [-0.05, 0) is 18.2 Å². The van der Waals surface area contributed by atoms with Crippen molar-refractivity contribution in [1.82, 2.24) is 10.2 Å². The van der Waals surface area contributed by atoms with Crippen molar-refractivity contribution in [1.29, 1.82) is 5.26 Å². The Hall–Kier alpha value is -2.94. The third kappa shape index (κ3) is 2.84. The molecular weight excluding hydrogens is 246 g/mol. The molecule has 1 heterocycles. The number of nitriles is 1. The molecular formula is C13H9N3O3. The predicted molar refractivity (Wildman–Crippen MR) is 64.7 cm³/mol. The number of rotatable bonds is 3. The minimum Gasteiger partial charge on any atom is -0.493 e. The van der Waals surface area contributed by atoms with Crippen molar-refractivity contribution in [3.8, 4) is 17.6 Å². The average molecular weight is 255 g/mol. The van der Waals surface area contributed by atoms with Gasteiger partial charge < -0.3 is 9.47 Å². The van der Waals surface area contributed by atoms with Gasteiger partial charge in [0.25, 0.3) is 0 Å². The van der Waals surface area contributed by atoms with E-state index in [-0.39, 0.29) is 11.3 Å². The maximum atomic E-state index is 11.9. The summed E-state index contributed by atoms with van der Waals surface area (Å²) in [5.41, 5.74) is 0.635. The maximum Gasteiger partial charge on any atom is 0.345 e. The second-order valence-corrected chi connectivity index (χ2v) is 3.50. The lowest BCUT2D eigenvalue weighted by Gasteiger charge is -2.08. The molecule has 1 aromatic carbocycles. The van der Waals surface area contributed by atoms with Crippen LogP contribution in [-0.4, -0.2) is 23.3 Å². The van der Waals surface area contributed by atoms with Crippen LogP contribution in [-0.2, 0) is 0 Å². The van der Waals surface area contributed by atoms with Crippen LogP contribution in [0.3, 0.4) is 0 Å². The Kier molecular flexibility index (Phi) is 3.69. The number of benzene rings is 1. The molecule has 0 unspecified atom stereocenters. The van der Waals surface area contributed by atoms with Crippen molar-refractivity contribution in [2.24, 2.45) is 0 Å². The fraction of sp³-hybridized carbons (Fsp3) is 0.0769. The van der Waals surface area contributed by atoms with Crippen LogP contribution in [0, 0.1) is 11.3 Å². The topological polar surface area (TPSA) is 85.1 Å². The smallest absolute Gasteiger partial charge is 0.345 e. The zero-order valence-electron chi connectivity index (χ0n) is 10.0. The molecule has 2 rings (SSSR count). The SMILES string of the molecule is COc1ccc(C#N)cc1OC(=O)c1ccnnc1. The number of methoxy groups -OCH3 is 1. The van der Waals surface area contributed by atoms with Crippen molar-refractivity contribution in [3.63, 3.8) is 0 Å². The molecule has 0 spiro atoms. The van der Waals surface area contributed by atoms with Crippen LogP contribution in [0.2, 0.25) is 0 Å². The molecule has 6 heteroatoms. The first-order chi connectivity index (χ1) is 9.24. The first-order valence-corrected chi connectivity index (χ1v) is 5.31. The molecule has 0 radical (unpaired) electrons. The van der Waals surface area contributed by atoms with Gasteiger partial charge in [-0.2, -0.15) is 15.5 Å². The third-order valence-corrected chi connectivity index (χ3v) is 2.32. The molecule has 0 aliphatic heterocycles. The van der Waals surface area contributed by atoms with Crippen molar-refractivity contribution in [2.75, 3.05) is 7.11 Å². The van der Waals surface area contributed by atoms with E-state index in [4.69, 9.17) is 14.7 Å². The number of carbonyl (C=O) groups is 1. The zero-order chi connectivity index (χ0) is 13.7. The second kappa shape index (κ2) is 5.60. The Labute approximate surface area is 109 Å². The van der Waals surface area contributed by atoms with Crippen molar-refractivity contribution >= 4 is 5.97 Å². The molecule has 0 N–H and O–H groups in total. The number of nitrogens with zero attached hydrogens (tertiary/aromatic N) is 3. The van der Waals surface area contributed by atoms with Gasteiger partial charge in [0.2, 0.25) is 0 Å². The highest BCUT2D eigenvalue weighted by Gasteiger charge is 2.13. The summed E-state index contributed by atoms with van der Waals surface area (Å²) in [6, 6.07) is 8.02. The van der Waals surface area contributed by atoms with E-state index in [9.17, 15) is 4.79 Å². The highest BCUT2D eigenvalue weighted by atomic mass is 16.6. The standard InChI is InChI=1S/C13H9N3O3/c1-18-11-3-2-9(7-14)6-12(11)19-13(17)10-4-5-15-16-8-10/h2-6,8H,1H3. The van der Waals surface area contributed by atoms with E-state index in [0.717, 1.165) is 0 Å². The Morgan fingerprint density at radius 3 is 2.74 bits per heavy atom. The maximum absolute atomic E-state index is 11.9. The Morgan fingerprint density at radius 1 is 1.26 bits per heavy atom. The van der Waals surface area contributed by atoms with Gasteiger partial charge in [0.1, 0.15) is 0 Å². The molecule has 6 nitrogen and oxygen atoms in total. The molecule has 94 valence electrons. The van der Waals surface area contributed by atoms with Crippen LogP contribution >= 0.6 is 0 Å². The van der Waals surface area contributed by atoms with Crippen LogP contribution in [0.15, 0.2) is 36.7 Å². The third-order valence-electron chi connectivity index (χ3n) is 2.32. The largest absolute Gasteiger partial charge is 0.493 e. The lowest BCUT2D eigenvalue weighted by atomic mass is 10.2. The van der Waals surface area contributed by atoms with Gasteiger partial charge in [-0.1, -0.05) is 0 Å². The monoisotopic (exact) mass is 255 g/mol. The van der Waals surface area contributed by atoms with Gasteiger partial charge in [-0.25, -0.2) is 4.79 Å². The van der Waals surface area contributed by atoms with E-state index in [0.29, 0.717) is 11.3 Å². The van der Waals surface area contributed by atoms with Crippen molar-refractivity contribution < 1.29 is 14.3 Å². The number of esters is 1. The highest BCUT2D eigenvalue weighted by Crippen LogP contribution is 2.28. The summed E-state index contributed by atoms with van der Waals surface area (Å²) in [4.78, 5) is 11.9. The molecule has 0 atom stereocenters. The summed E-state index contributed by atoms with van der Waals surface area (Å²) < 4.78 is 10.2. The van der Waals surface area contributed by atoms with Crippen LogP contribution in [0.4, 0.5) is 0 Å². The number of hydrogen-bond donors (Lipinski definition) is 0. The van der Waals surface area contributed by atoms with Gasteiger partial charge in [-0.15, -0.1) is 0 Å². The molecule has 2 aromatic rings. The van der Waals surface area contributed by atoms with Crippen molar-refractivity contribution in [2.45, 2.75) is 0 Å². The van der Waals surface area contributed by atoms with Gasteiger partial charge in [0, 0.05) is 6.07 Å². The predicted octanol–water partition coefficient (Wildman–Crippen LogP) is 1.58. The summed E-state index contributed by atoms with van der Waals surface area (Å²) in [6.07, 6.45) is 2.68. The fourth-order valence-electron chi connectivity index (χ4n) is 1.40. The quantitative estimate of drug-likeness (QED) is 0.611. The molecule has 0 bridgehead atoms. The summed E-state index contributed by atoms with van der Waals surface area (Å²) in [6.45, 7) is 0. The highest BCUT2D eigenvalue weighted by molar-refractivity contribution is 5.90. The van der Waals surface area contributed by atoms with Crippen LogP contribution in [0.5, 0.6) is 11.5 Å². The number of carbonyl (C=O) groups excluding carboxylic acids is 1. The molecule has 1 aromatic heterocycles. The summed E-state index contributed by atoms with van der Waals surface area (Å²) in [7, 11) is 1.45. The Balaban J connectivity index is 2.28. The molecule has 0 saturated heterocycles. The van der Waals surface area contributed by atoms with Gasteiger partial charge >= 0.3 is 5.97 Å². The van der Waals surface area contributed by atoms with Gasteiger partial charge in [-0.3, -0.25) is 0 Å². The summed E-state index contributed by atoms with van der Waals surface area (Å²) >= 11 is 0. The molecule has 0 amide bonds. The first-order valence-electron chi connectivity index (χ1n) is 5.31. The van der Waals surface area contributed by atoms with Crippen molar-refractivity contribution in [3.05, 3.63) is 47.8 Å². The van der Waals surface area contributed by atoms with Gasteiger partial charge in [0.15, 0.2) is 11.5 Å². The van der Waals surface area contributed by atoms with Crippen LogP contribution in [0.25, 0.3) is 0 Å². The average Bonchev–Trinajstić information content (AvgIpc) is 2.48. The zero-order valence-corrected chi connectivity index (χ0v) is 10.0. The molecule has 0 aliphatic rings. The number of ether oxygens (including phenoxy) is 2. The van der Waals surface area contributed by atoms with E-state index in [1.807, 2.05) is 6.07 Å². The lowest BCUT2D eigenvalue weighted by Crippen LogP contribution is -2.10. The van der Waals surface area contributed by atoms with Crippen LogP contribution in [0.1, 0.15) is 15.9 Å². The number of hydrogen-bond acceptors (Lipinski definition) is 6. The minimum absolute atomic E-state index is 0.184. The number of aromatic nitrogens is 2. The van der Waals surface area contributed by atoms with Gasteiger partial charge in [0.05, 0.1) is 36.7 Å². The summed E-state index contributed by atoms with van der Waals surface area (Å²) in [5, 5.41) is 16.0. The second-order valence-electron chi connectivity index (χ2n) is 3.50. The molecule has 0 fully saturated rings. The van der Waals surface area contributed by atoms with E-state index in [2.05, 4.69) is 10.2 Å².